The summed E-state index contributed by atoms with van der Waals surface area (Å²) in [5.41, 5.74) is 2.48. The molecule has 2 aliphatic rings. The third-order valence-electron chi connectivity index (χ3n) is 5.96. The van der Waals surface area contributed by atoms with Crippen molar-refractivity contribution in [2.45, 2.75) is 76.9 Å². The van der Waals surface area contributed by atoms with Crippen LogP contribution in [0, 0.1) is 5.92 Å². The summed E-state index contributed by atoms with van der Waals surface area (Å²) in [6.07, 6.45) is 5.90. The maximum Gasteiger partial charge on any atom is 0.227 e. The van der Waals surface area contributed by atoms with Crippen molar-refractivity contribution in [3.8, 4) is 0 Å². The van der Waals surface area contributed by atoms with E-state index in [2.05, 4.69) is 55.4 Å². The molecule has 0 saturated carbocycles. The van der Waals surface area contributed by atoms with Gasteiger partial charge in [0.15, 0.2) is 0 Å². The number of benzene rings is 1. The van der Waals surface area contributed by atoms with Gasteiger partial charge in [-0.2, -0.15) is 0 Å². The van der Waals surface area contributed by atoms with E-state index in [1.54, 1.807) is 0 Å². The molecule has 3 atom stereocenters. The average Bonchev–Trinajstić information content (AvgIpc) is 2.75. The number of carbonyl (C=O) groups excluding carboxylic acids is 1. The number of fused-ring (bicyclic) bond motifs is 2. The normalized spacial score (nSPS) is 27.0. The number of rotatable bonds is 5. The fourth-order valence-corrected chi connectivity index (χ4v) is 4.42. The number of piperidine rings is 1. The largest absolute Gasteiger partial charge is 0.353 e. The number of carbonyl (C=O) groups is 1. The maximum atomic E-state index is 12.7. The fraction of sp³-hybridized carbons (Fsp3) is 0.667. The topological polar surface area (TPSA) is 32.3 Å². The first-order chi connectivity index (χ1) is 11.4. The molecule has 25 heavy (non-hydrogen) atoms. The molecule has 3 rings (SSSR count). The van der Waals surface area contributed by atoms with Gasteiger partial charge in [-0.25, -0.2) is 0 Å². The van der Waals surface area contributed by atoms with Gasteiger partial charge in [-0.3, -0.25) is 4.79 Å². The number of amides is 1. The summed E-state index contributed by atoms with van der Waals surface area (Å²) in [5, 5.41) is 3.32. The molecule has 1 aromatic carbocycles. The molecule has 140 valence electrons. The molecular formula is C21H33ClN2O. The Kier molecular flexibility index (Phi) is 6.93. The Hall–Kier alpha value is -1.06. The van der Waals surface area contributed by atoms with Gasteiger partial charge >= 0.3 is 0 Å². The minimum atomic E-state index is -0.0737. The van der Waals surface area contributed by atoms with Gasteiger partial charge in [0.25, 0.3) is 0 Å². The quantitative estimate of drug-likeness (QED) is 0.851. The zero-order valence-corrected chi connectivity index (χ0v) is 16.8. The van der Waals surface area contributed by atoms with Crippen LogP contribution in [0.5, 0.6) is 0 Å². The SMILES string of the molecule is CC(C)Cc1ccc(C(C)C(=O)NC2CC3CCC(C2)N3C)cc1.Cl. The van der Waals surface area contributed by atoms with E-state index in [0.29, 0.717) is 24.0 Å². The number of hydrogen-bond acceptors (Lipinski definition) is 2. The van der Waals surface area contributed by atoms with Gasteiger partial charge in [0.2, 0.25) is 5.91 Å². The molecule has 2 bridgehead atoms. The average molecular weight is 365 g/mol. The van der Waals surface area contributed by atoms with Gasteiger partial charge in [-0.1, -0.05) is 38.1 Å². The van der Waals surface area contributed by atoms with Crippen LogP contribution in [-0.2, 0) is 11.2 Å². The van der Waals surface area contributed by atoms with Crippen molar-refractivity contribution in [3.05, 3.63) is 35.4 Å². The van der Waals surface area contributed by atoms with Crippen LogP contribution in [-0.4, -0.2) is 36.0 Å². The predicted molar refractivity (Wildman–Crippen MR) is 106 cm³/mol. The van der Waals surface area contributed by atoms with E-state index in [1.807, 2.05) is 6.92 Å². The molecule has 0 aromatic heterocycles. The Morgan fingerprint density at radius 2 is 1.68 bits per heavy atom. The summed E-state index contributed by atoms with van der Waals surface area (Å²) in [4.78, 5) is 15.2. The number of nitrogens with one attached hydrogen (secondary N) is 1. The first-order valence-corrected chi connectivity index (χ1v) is 9.55. The molecule has 0 spiro atoms. The van der Waals surface area contributed by atoms with Crippen molar-refractivity contribution in [2.24, 2.45) is 5.92 Å². The summed E-state index contributed by atoms with van der Waals surface area (Å²) < 4.78 is 0. The molecule has 4 heteroatoms. The highest BCUT2D eigenvalue weighted by Gasteiger charge is 2.39. The summed E-state index contributed by atoms with van der Waals surface area (Å²) in [6.45, 7) is 6.49. The smallest absolute Gasteiger partial charge is 0.227 e. The van der Waals surface area contributed by atoms with Gasteiger partial charge in [-0.15, -0.1) is 12.4 Å². The second-order valence-electron chi connectivity index (χ2n) is 8.29. The van der Waals surface area contributed by atoms with E-state index < -0.39 is 0 Å². The first kappa shape index (κ1) is 20.3. The molecule has 1 amide bonds. The van der Waals surface area contributed by atoms with Crippen LogP contribution in [0.4, 0.5) is 0 Å². The van der Waals surface area contributed by atoms with Crippen molar-refractivity contribution < 1.29 is 4.79 Å². The second-order valence-corrected chi connectivity index (χ2v) is 8.29. The number of halogens is 1. The lowest BCUT2D eigenvalue weighted by atomic mass is 9.94. The van der Waals surface area contributed by atoms with E-state index >= 15 is 0 Å². The number of hydrogen-bond donors (Lipinski definition) is 1. The van der Waals surface area contributed by atoms with E-state index in [9.17, 15) is 4.79 Å². The standard InChI is InChI=1S/C21H32N2O.ClH/c1-14(2)11-16-5-7-17(8-6-16)15(3)21(24)22-18-12-19-9-10-20(13-18)23(19)4;/h5-8,14-15,18-20H,9-13H2,1-4H3,(H,22,24);1H. The van der Waals surface area contributed by atoms with Crippen LogP contribution in [0.1, 0.15) is 63.5 Å². The van der Waals surface area contributed by atoms with E-state index in [0.717, 1.165) is 24.8 Å². The molecule has 2 aliphatic heterocycles. The van der Waals surface area contributed by atoms with Crippen LogP contribution < -0.4 is 5.32 Å². The van der Waals surface area contributed by atoms with Gasteiger partial charge in [0.05, 0.1) is 5.92 Å². The van der Waals surface area contributed by atoms with Crippen LogP contribution in [0.3, 0.4) is 0 Å². The molecule has 2 saturated heterocycles. The zero-order chi connectivity index (χ0) is 17.3. The first-order valence-electron chi connectivity index (χ1n) is 9.55. The molecule has 1 aromatic rings. The van der Waals surface area contributed by atoms with Crippen LogP contribution in [0.2, 0.25) is 0 Å². The highest BCUT2D eigenvalue weighted by Crippen LogP contribution is 2.34. The van der Waals surface area contributed by atoms with Crippen molar-refractivity contribution in [1.29, 1.82) is 0 Å². The van der Waals surface area contributed by atoms with Crippen molar-refractivity contribution >= 4 is 18.3 Å². The Labute approximate surface area is 159 Å². The lowest BCUT2D eigenvalue weighted by Crippen LogP contribution is -2.49. The van der Waals surface area contributed by atoms with Gasteiger partial charge in [0.1, 0.15) is 0 Å². The maximum absolute atomic E-state index is 12.7. The van der Waals surface area contributed by atoms with E-state index in [-0.39, 0.29) is 24.2 Å². The lowest BCUT2D eigenvalue weighted by molar-refractivity contribution is -0.123. The summed E-state index contributed by atoms with van der Waals surface area (Å²) in [5.74, 6) is 0.771. The molecule has 2 heterocycles. The third-order valence-corrected chi connectivity index (χ3v) is 5.96. The minimum absolute atomic E-state index is 0. The molecule has 3 unspecified atom stereocenters. The Balaban J connectivity index is 0.00000225. The Bertz CT molecular complexity index is 558. The summed E-state index contributed by atoms with van der Waals surface area (Å²) >= 11 is 0. The highest BCUT2D eigenvalue weighted by atomic mass is 35.5. The molecule has 0 radical (unpaired) electrons. The molecule has 2 fully saturated rings. The fourth-order valence-electron chi connectivity index (χ4n) is 4.42. The van der Waals surface area contributed by atoms with Crippen LogP contribution in [0.15, 0.2) is 24.3 Å². The Morgan fingerprint density at radius 3 is 2.20 bits per heavy atom. The summed E-state index contributed by atoms with van der Waals surface area (Å²) in [6, 6.07) is 10.3. The zero-order valence-electron chi connectivity index (χ0n) is 16.0. The van der Waals surface area contributed by atoms with Crippen LogP contribution in [0.25, 0.3) is 0 Å². The lowest BCUT2D eigenvalue weighted by Gasteiger charge is -2.37. The van der Waals surface area contributed by atoms with E-state index in [1.165, 1.54) is 18.4 Å². The molecule has 0 aliphatic carbocycles. The molecule has 3 nitrogen and oxygen atoms in total. The summed E-state index contributed by atoms with van der Waals surface area (Å²) in [7, 11) is 2.24. The van der Waals surface area contributed by atoms with Crippen LogP contribution >= 0.6 is 12.4 Å². The third kappa shape index (κ3) is 4.77. The Morgan fingerprint density at radius 1 is 1.12 bits per heavy atom. The highest BCUT2D eigenvalue weighted by molar-refractivity contribution is 5.85. The molecular weight excluding hydrogens is 332 g/mol. The molecule has 1 N–H and O–H groups in total. The minimum Gasteiger partial charge on any atom is -0.353 e. The van der Waals surface area contributed by atoms with Crippen molar-refractivity contribution in [1.82, 2.24) is 10.2 Å². The van der Waals surface area contributed by atoms with Gasteiger partial charge in [-0.05, 0) is 63.1 Å². The van der Waals surface area contributed by atoms with E-state index in [4.69, 9.17) is 0 Å². The predicted octanol–water partition coefficient (Wildman–Crippen LogP) is 4.15. The monoisotopic (exact) mass is 364 g/mol. The van der Waals surface area contributed by atoms with Crippen molar-refractivity contribution in [3.63, 3.8) is 0 Å². The second kappa shape index (κ2) is 8.55. The number of nitrogens with zero attached hydrogens (tertiary/aromatic N) is 1. The van der Waals surface area contributed by atoms with Gasteiger partial charge < -0.3 is 10.2 Å². The van der Waals surface area contributed by atoms with Gasteiger partial charge in [0, 0.05) is 18.1 Å². The van der Waals surface area contributed by atoms with Crippen molar-refractivity contribution in [2.75, 3.05) is 7.05 Å².